The van der Waals surface area contributed by atoms with Gasteiger partial charge in [-0.2, -0.15) is 0 Å². The Labute approximate surface area is 158 Å². The smallest absolute Gasteiger partial charge is 0.323 e. The third-order valence-electron chi connectivity index (χ3n) is 4.41. The van der Waals surface area contributed by atoms with Crippen molar-refractivity contribution in [3.05, 3.63) is 60.3 Å². The first-order valence-electron chi connectivity index (χ1n) is 8.88. The molecular weight excluding hydrogens is 342 g/mol. The van der Waals surface area contributed by atoms with Crippen molar-refractivity contribution >= 4 is 5.97 Å². The third kappa shape index (κ3) is 4.14. The zero-order valence-corrected chi connectivity index (χ0v) is 15.4. The van der Waals surface area contributed by atoms with Crippen molar-refractivity contribution in [1.82, 2.24) is 4.57 Å². The SMILES string of the molecule is CC(C)Cc1cc(-c2ccc(O)cc2)c(-c2ccc(O)cc2)n1CC(=O)O. The molecule has 0 aliphatic heterocycles. The molecule has 0 saturated heterocycles. The van der Waals surface area contributed by atoms with Crippen molar-refractivity contribution in [1.29, 1.82) is 0 Å². The molecule has 0 fully saturated rings. The summed E-state index contributed by atoms with van der Waals surface area (Å²) >= 11 is 0. The molecule has 2 aromatic carbocycles. The number of hydrogen-bond acceptors (Lipinski definition) is 3. The molecule has 0 aliphatic rings. The molecule has 3 N–H and O–H groups in total. The standard InChI is InChI=1S/C22H23NO4/c1-14(2)11-17-12-20(15-3-7-18(24)8-4-15)22(23(17)13-21(26)27)16-5-9-19(25)10-6-16/h3-10,12,14,24-25H,11,13H2,1-2H3,(H,26,27). The minimum absolute atomic E-state index is 0.143. The van der Waals surface area contributed by atoms with Crippen LogP contribution in [0.4, 0.5) is 0 Å². The zero-order chi connectivity index (χ0) is 19.6. The van der Waals surface area contributed by atoms with Crippen molar-refractivity contribution in [3.8, 4) is 33.9 Å². The topological polar surface area (TPSA) is 82.7 Å². The lowest BCUT2D eigenvalue weighted by atomic mass is 10.0. The Hall–Kier alpha value is -3.21. The summed E-state index contributed by atoms with van der Waals surface area (Å²) in [5.41, 5.74) is 4.35. The molecule has 3 aromatic rings. The van der Waals surface area contributed by atoms with E-state index in [1.54, 1.807) is 36.4 Å². The van der Waals surface area contributed by atoms with Gasteiger partial charge in [-0.25, -0.2) is 0 Å². The van der Waals surface area contributed by atoms with E-state index in [1.807, 2.05) is 22.8 Å². The van der Waals surface area contributed by atoms with E-state index in [9.17, 15) is 20.1 Å². The lowest BCUT2D eigenvalue weighted by Crippen LogP contribution is -2.14. The highest BCUT2D eigenvalue weighted by Gasteiger charge is 2.20. The van der Waals surface area contributed by atoms with Crippen LogP contribution >= 0.6 is 0 Å². The van der Waals surface area contributed by atoms with Gasteiger partial charge in [0.1, 0.15) is 18.0 Å². The predicted molar refractivity (Wildman–Crippen MR) is 105 cm³/mol. The van der Waals surface area contributed by atoms with E-state index < -0.39 is 5.97 Å². The summed E-state index contributed by atoms with van der Waals surface area (Å²) in [6, 6.07) is 15.7. The quantitative estimate of drug-likeness (QED) is 0.600. The largest absolute Gasteiger partial charge is 0.508 e. The first-order valence-corrected chi connectivity index (χ1v) is 8.88. The van der Waals surface area contributed by atoms with Crippen LogP contribution in [-0.4, -0.2) is 25.9 Å². The molecule has 5 heteroatoms. The fraction of sp³-hybridized carbons (Fsp3) is 0.227. The van der Waals surface area contributed by atoms with Crippen molar-refractivity contribution in [2.24, 2.45) is 5.92 Å². The Kier molecular flexibility index (Phi) is 5.21. The van der Waals surface area contributed by atoms with Gasteiger partial charge in [0.25, 0.3) is 0 Å². The molecule has 0 radical (unpaired) electrons. The number of phenolic OH excluding ortho intramolecular Hbond substituents is 2. The molecule has 0 saturated carbocycles. The van der Waals surface area contributed by atoms with Crippen LogP contribution < -0.4 is 0 Å². The van der Waals surface area contributed by atoms with Gasteiger partial charge in [0.15, 0.2) is 0 Å². The van der Waals surface area contributed by atoms with E-state index in [1.165, 1.54) is 0 Å². The third-order valence-corrected chi connectivity index (χ3v) is 4.41. The van der Waals surface area contributed by atoms with E-state index in [4.69, 9.17) is 0 Å². The summed E-state index contributed by atoms with van der Waals surface area (Å²) < 4.78 is 1.83. The fourth-order valence-corrected chi connectivity index (χ4v) is 3.30. The molecule has 1 aromatic heterocycles. The summed E-state index contributed by atoms with van der Waals surface area (Å²) in [6.45, 7) is 4.05. The molecule has 0 atom stereocenters. The second kappa shape index (κ2) is 7.58. The van der Waals surface area contributed by atoms with Gasteiger partial charge in [0.05, 0.1) is 5.69 Å². The molecule has 3 rings (SSSR count). The highest BCUT2D eigenvalue weighted by molar-refractivity contribution is 5.84. The number of aromatic nitrogens is 1. The van der Waals surface area contributed by atoms with Gasteiger partial charge in [-0.3, -0.25) is 4.79 Å². The Balaban J connectivity index is 2.26. The number of carbonyl (C=O) groups is 1. The van der Waals surface area contributed by atoms with E-state index in [-0.39, 0.29) is 18.0 Å². The summed E-state index contributed by atoms with van der Waals surface area (Å²) in [5, 5.41) is 28.7. The van der Waals surface area contributed by atoms with Crippen LogP contribution in [-0.2, 0) is 17.8 Å². The molecule has 0 bridgehead atoms. The minimum atomic E-state index is -0.909. The monoisotopic (exact) mass is 365 g/mol. The number of aliphatic carboxylic acids is 1. The van der Waals surface area contributed by atoms with Gasteiger partial charge in [0.2, 0.25) is 0 Å². The first-order chi connectivity index (χ1) is 12.8. The average molecular weight is 365 g/mol. The van der Waals surface area contributed by atoms with E-state index >= 15 is 0 Å². The molecule has 0 aliphatic carbocycles. The maximum Gasteiger partial charge on any atom is 0.323 e. The zero-order valence-electron chi connectivity index (χ0n) is 15.4. The molecule has 140 valence electrons. The molecule has 1 heterocycles. The number of phenols is 2. The van der Waals surface area contributed by atoms with E-state index in [0.29, 0.717) is 5.92 Å². The lowest BCUT2D eigenvalue weighted by molar-refractivity contribution is -0.137. The number of carboxylic acids is 1. The maximum atomic E-state index is 11.5. The number of aromatic hydroxyl groups is 2. The summed E-state index contributed by atoms with van der Waals surface area (Å²) in [5.74, 6) is -0.207. The van der Waals surface area contributed by atoms with Crippen LogP contribution in [0.1, 0.15) is 19.5 Å². The Morgan fingerprint density at radius 3 is 1.93 bits per heavy atom. The van der Waals surface area contributed by atoms with Crippen molar-refractivity contribution < 1.29 is 20.1 Å². The Morgan fingerprint density at radius 2 is 1.44 bits per heavy atom. The Bertz CT molecular complexity index is 938. The van der Waals surface area contributed by atoms with Gasteiger partial charge < -0.3 is 19.9 Å². The van der Waals surface area contributed by atoms with Gasteiger partial charge in [-0.1, -0.05) is 26.0 Å². The van der Waals surface area contributed by atoms with Gasteiger partial charge in [-0.15, -0.1) is 0 Å². The van der Waals surface area contributed by atoms with Crippen LogP contribution in [0, 0.1) is 5.92 Å². The molecule has 0 spiro atoms. The van der Waals surface area contributed by atoms with Gasteiger partial charge in [-0.05, 0) is 65.9 Å². The lowest BCUT2D eigenvalue weighted by Gasteiger charge is -2.14. The number of nitrogens with zero attached hydrogens (tertiary/aromatic N) is 1. The normalized spacial score (nSPS) is 11.1. The van der Waals surface area contributed by atoms with Crippen LogP contribution in [0.2, 0.25) is 0 Å². The molecule has 0 unspecified atom stereocenters. The Morgan fingerprint density at radius 1 is 0.926 bits per heavy atom. The number of benzene rings is 2. The maximum absolute atomic E-state index is 11.5. The van der Waals surface area contributed by atoms with Crippen molar-refractivity contribution in [2.75, 3.05) is 0 Å². The molecular formula is C22H23NO4. The van der Waals surface area contributed by atoms with Crippen LogP contribution in [0.25, 0.3) is 22.4 Å². The van der Waals surface area contributed by atoms with Crippen molar-refractivity contribution in [2.45, 2.75) is 26.8 Å². The van der Waals surface area contributed by atoms with Crippen molar-refractivity contribution in [3.63, 3.8) is 0 Å². The second-order valence-electron chi connectivity index (χ2n) is 7.07. The predicted octanol–water partition coefficient (Wildman–Crippen LogP) is 4.52. The highest BCUT2D eigenvalue weighted by Crippen LogP contribution is 2.37. The minimum Gasteiger partial charge on any atom is -0.508 e. The fourth-order valence-electron chi connectivity index (χ4n) is 3.30. The summed E-state index contributed by atoms with van der Waals surface area (Å²) in [7, 11) is 0. The summed E-state index contributed by atoms with van der Waals surface area (Å²) in [4.78, 5) is 11.5. The van der Waals surface area contributed by atoms with Gasteiger partial charge >= 0.3 is 5.97 Å². The van der Waals surface area contributed by atoms with Gasteiger partial charge in [0, 0.05) is 11.3 Å². The average Bonchev–Trinajstić information content (AvgIpc) is 2.93. The number of rotatable bonds is 6. The first kappa shape index (κ1) is 18.6. The molecule has 5 nitrogen and oxygen atoms in total. The summed E-state index contributed by atoms with van der Waals surface area (Å²) in [6.07, 6.45) is 0.746. The van der Waals surface area contributed by atoms with E-state index in [2.05, 4.69) is 13.8 Å². The van der Waals surface area contributed by atoms with Crippen LogP contribution in [0.15, 0.2) is 54.6 Å². The van der Waals surface area contributed by atoms with E-state index in [0.717, 1.165) is 34.5 Å². The number of carboxylic acid groups (broad SMARTS) is 1. The highest BCUT2D eigenvalue weighted by atomic mass is 16.4. The van der Waals surface area contributed by atoms with Crippen LogP contribution in [0.3, 0.4) is 0 Å². The second-order valence-corrected chi connectivity index (χ2v) is 7.07. The molecule has 27 heavy (non-hydrogen) atoms. The number of hydrogen-bond donors (Lipinski definition) is 3. The molecule has 0 amide bonds. The van der Waals surface area contributed by atoms with Crippen LogP contribution in [0.5, 0.6) is 11.5 Å².